The number of rotatable bonds is 6. The number of aliphatic carboxylic acids is 1. The maximum Gasteiger partial charge on any atom is 0.326 e. The molecule has 5 heteroatoms. The lowest BCUT2D eigenvalue weighted by molar-refractivity contribution is -0.142. The quantitative estimate of drug-likeness (QED) is 0.816. The summed E-state index contributed by atoms with van der Waals surface area (Å²) in [5.74, 6) is -0.892. The Hall–Kier alpha value is -2.04. The molecule has 0 fully saturated rings. The number of hydrogen-bond donors (Lipinski definition) is 2. The van der Waals surface area contributed by atoms with E-state index in [9.17, 15) is 9.59 Å². The number of carboxylic acid groups (broad SMARTS) is 1. The molecule has 2 N–H and O–H groups in total. The van der Waals surface area contributed by atoms with E-state index >= 15 is 0 Å². The standard InChI is InChI=1S/C14H19NO4/c1-9(2)13(16)15-12(14(17)18)8-10-5-4-6-11(7-10)19-3/h4-7,9,12H,8H2,1-3H3,(H,15,16)(H,17,18)/t12-/m1/s1. The van der Waals surface area contributed by atoms with E-state index in [-0.39, 0.29) is 18.2 Å². The highest BCUT2D eigenvalue weighted by Crippen LogP contribution is 2.14. The zero-order valence-electron chi connectivity index (χ0n) is 11.3. The van der Waals surface area contributed by atoms with Gasteiger partial charge in [-0.3, -0.25) is 4.79 Å². The maximum absolute atomic E-state index is 11.6. The van der Waals surface area contributed by atoms with Gasteiger partial charge < -0.3 is 15.2 Å². The van der Waals surface area contributed by atoms with E-state index in [0.717, 1.165) is 5.56 Å². The molecule has 1 aromatic carbocycles. The first-order valence-corrected chi connectivity index (χ1v) is 6.10. The molecule has 0 spiro atoms. The molecule has 0 heterocycles. The van der Waals surface area contributed by atoms with E-state index in [0.29, 0.717) is 5.75 Å². The number of hydrogen-bond acceptors (Lipinski definition) is 3. The third-order valence-electron chi connectivity index (χ3n) is 2.71. The molecule has 0 aliphatic heterocycles. The smallest absolute Gasteiger partial charge is 0.326 e. The summed E-state index contributed by atoms with van der Waals surface area (Å²) in [6.07, 6.45) is 0.227. The van der Waals surface area contributed by atoms with E-state index in [2.05, 4.69) is 5.32 Å². The maximum atomic E-state index is 11.6. The van der Waals surface area contributed by atoms with Crippen molar-refractivity contribution in [2.45, 2.75) is 26.3 Å². The van der Waals surface area contributed by atoms with E-state index in [4.69, 9.17) is 9.84 Å². The Labute approximate surface area is 112 Å². The largest absolute Gasteiger partial charge is 0.497 e. The van der Waals surface area contributed by atoms with E-state index in [1.807, 2.05) is 0 Å². The molecular weight excluding hydrogens is 246 g/mol. The summed E-state index contributed by atoms with van der Waals surface area (Å²) in [5, 5.41) is 11.7. The molecule has 0 radical (unpaired) electrons. The summed E-state index contributed by atoms with van der Waals surface area (Å²) in [6, 6.07) is 6.21. The number of methoxy groups -OCH3 is 1. The summed E-state index contributed by atoms with van der Waals surface area (Å²) in [6.45, 7) is 3.44. The van der Waals surface area contributed by atoms with Crippen LogP contribution in [0.15, 0.2) is 24.3 Å². The van der Waals surface area contributed by atoms with Crippen molar-refractivity contribution in [3.05, 3.63) is 29.8 Å². The molecular formula is C14H19NO4. The van der Waals surface area contributed by atoms with Crippen molar-refractivity contribution in [3.63, 3.8) is 0 Å². The van der Waals surface area contributed by atoms with Gasteiger partial charge in [-0.1, -0.05) is 26.0 Å². The number of benzene rings is 1. The Morgan fingerprint density at radius 3 is 2.58 bits per heavy atom. The van der Waals surface area contributed by atoms with Crippen molar-refractivity contribution in [2.75, 3.05) is 7.11 Å². The van der Waals surface area contributed by atoms with Gasteiger partial charge in [0.1, 0.15) is 11.8 Å². The Bertz CT molecular complexity index is 457. The van der Waals surface area contributed by atoms with Gasteiger partial charge in [-0.05, 0) is 17.7 Å². The van der Waals surface area contributed by atoms with Gasteiger partial charge in [-0.25, -0.2) is 4.79 Å². The minimum absolute atomic E-state index is 0.227. The summed E-state index contributed by atoms with van der Waals surface area (Å²) < 4.78 is 5.08. The molecule has 1 aromatic rings. The lowest BCUT2D eigenvalue weighted by atomic mass is 10.0. The lowest BCUT2D eigenvalue weighted by Crippen LogP contribution is -2.44. The molecule has 0 aromatic heterocycles. The van der Waals surface area contributed by atoms with Gasteiger partial charge in [-0.15, -0.1) is 0 Å². The second-order valence-electron chi connectivity index (χ2n) is 4.61. The van der Waals surface area contributed by atoms with Gasteiger partial charge in [0.25, 0.3) is 0 Å². The number of ether oxygens (including phenoxy) is 1. The number of carboxylic acids is 1. The number of carbonyl (C=O) groups excluding carboxylic acids is 1. The molecule has 1 amide bonds. The highest BCUT2D eigenvalue weighted by molar-refractivity contribution is 5.84. The van der Waals surface area contributed by atoms with Crippen molar-refractivity contribution in [1.29, 1.82) is 0 Å². The number of carbonyl (C=O) groups is 2. The van der Waals surface area contributed by atoms with Crippen molar-refractivity contribution in [1.82, 2.24) is 5.32 Å². The SMILES string of the molecule is COc1cccc(C[C@@H](NC(=O)C(C)C)C(=O)O)c1. The first-order chi connectivity index (χ1) is 8.93. The predicted molar refractivity (Wildman–Crippen MR) is 71.1 cm³/mol. The Balaban J connectivity index is 2.78. The molecule has 0 saturated carbocycles. The third kappa shape index (κ3) is 4.62. The average molecular weight is 265 g/mol. The number of nitrogens with one attached hydrogen (secondary N) is 1. The lowest BCUT2D eigenvalue weighted by Gasteiger charge is -2.16. The van der Waals surface area contributed by atoms with Crippen LogP contribution in [0.25, 0.3) is 0 Å². The fraction of sp³-hybridized carbons (Fsp3) is 0.429. The van der Waals surface area contributed by atoms with E-state index < -0.39 is 12.0 Å². The summed E-state index contributed by atoms with van der Waals surface area (Å²) in [5.41, 5.74) is 0.802. The van der Waals surface area contributed by atoms with Crippen molar-refractivity contribution < 1.29 is 19.4 Å². The van der Waals surface area contributed by atoms with Crippen LogP contribution in [-0.4, -0.2) is 30.1 Å². The van der Waals surface area contributed by atoms with Gasteiger partial charge in [0.15, 0.2) is 0 Å². The summed E-state index contributed by atoms with van der Waals surface area (Å²) in [4.78, 5) is 22.7. The zero-order valence-corrected chi connectivity index (χ0v) is 11.3. The molecule has 1 rings (SSSR count). The van der Waals surface area contributed by atoms with Crippen LogP contribution < -0.4 is 10.1 Å². The Kier molecular flexibility index (Phi) is 5.36. The van der Waals surface area contributed by atoms with Crippen LogP contribution in [0.3, 0.4) is 0 Å². The molecule has 0 bridgehead atoms. The van der Waals surface area contributed by atoms with Crippen molar-refractivity contribution in [2.24, 2.45) is 5.92 Å². The van der Waals surface area contributed by atoms with Gasteiger partial charge in [-0.2, -0.15) is 0 Å². The van der Waals surface area contributed by atoms with Crippen LogP contribution in [0.4, 0.5) is 0 Å². The summed E-state index contributed by atoms with van der Waals surface area (Å²) >= 11 is 0. The van der Waals surface area contributed by atoms with Crippen molar-refractivity contribution in [3.8, 4) is 5.75 Å². The molecule has 1 atom stereocenters. The van der Waals surface area contributed by atoms with Crippen LogP contribution in [0.2, 0.25) is 0 Å². The predicted octanol–water partition coefficient (Wildman–Crippen LogP) is 1.46. The highest BCUT2D eigenvalue weighted by Gasteiger charge is 2.21. The van der Waals surface area contributed by atoms with Crippen LogP contribution in [-0.2, 0) is 16.0 Å². The molecule has 0 aliphatic carbocycles. The fourth-order valence-electron chi connectivity index (χ4n) is 1.57. The number of amides is 1. The van der Waals surface area contributed by atoms with E-state index in [1.54, 1.807) is 45.2 Å². The minimum Gasteiger partial charge on any atom is -0.497 e. The second kappa shape index (κ2) is 6.78. The van der Waals surface area contributed by atoms with Crippen LogP contribution in [0.1, 0.15) is 19.4 Å². The monoisotopic (exact) mass is 265 g/mol. The third-order valence-corrected chi connectivity index (χ3v) is 2.71. The molecule has 0 saturated heterocycles. The van der Waals surface area contributed by atoms with Crippen LogP contribution in [0.5, 0.6) is 5.75 Å². The first-order valence-electron chi connectivity index (χ1n) is 6.10. The van der Waals surface area contributed by atoms with Crippen molar-refractivity contribution >= 4 is 11.9 Å². The molecule has 0 aliphatic rings. The van der Waals surface area contributed by atoms with Crippen LogP contribution >= 0.6 is 0 Å². The zero-order chi connectivity index (χ0) is 14.4. The average Bonchev–Trinajstić information content (AvgIpc) is 2.37. The second-order valence-corrected chi connectivity index (χ2v) is 4.61. The molecule has 5 nitrogen and oxygen atoms in total. The Morgan fingerprint density at radius 1 is 1.37 bits per heavy atom. The fourth-order valence-corrected chi connectivity index (χ4v) is 1.57. The van der Waals surface area contributed by atoms with E-state index in [1.165, 1.54) is 0 Å². The van der Waals surface area contributed by atoms with Gasteiger partial charge in [0.2, 0.25) is 5.91 Å². The van der Waals surface area contributed by atoms with Gasteiger partial charge >= 0.3 is 5.97 Å². The molecule has 19 heavy (non-hydrogen) atoms. The van der Waals surface area contributed by atoms with Gasteiger partial charge in [0, 0.05) is 12.3 Å². The first kappa shape index (κ1) is 15.0. The molecule has 0 unspecified atom stereocenters. The minimum atomic E-state index is -1.04. The van der Waals surface area contributed by atoms with Gasteiger partial charge in [0.05, 0.1) is 7.11 Å². The van der Waals surface area contributed by atoms with Crippen LogP contribution in [0, 0.1) is 5.92 Å². The summed E-state index contributed by atoms with van der Waals surface area (Å²) in [7, 11) is 1.55. The normalized spacial score (nSPS) is 12.0. The Morgan fingerprint density at radius 2 is 2.05 bits per heavy atom. The topological polar surface area (TPSA) is 75.6 Å². The molecule has 104 valence electrons. The highest BCUT2D eigenvalue weighted by atomic mass is 16.5.